The molecule has 0 aromatic heterocycles. The van der Waals surface area contributed by atoms with Gasteiger partial charge in [-0.3, -0.25) is 4.79 Å². The Morgan fingerprint density at radius 1 is 1.50 bits per heavy atom. The summed E-state index contributed by atoms with van der Waals surface area (Å²) in [5.74, 6) is 0.865. The van der Waals surface area contributed by atoms with Crippen LogP contribution in [0, 0.1) is 5.92 Å². The smallest absolute Gasteiger partial charge is 0.227 e. The van der Waals surface area contributed by atoms with Crippen LogP contribution in [-0.4, -0.2) is 29.9 Å². The van der Waals surface area contributed by atoms with Gasteiger partial charge in [0.2, 0.25) is 5.91 Å². The second kappa shape index (κ2) is 8.01. The molecule has 0 bridgehead atoms. The van der Waals surface area contributed by atoms with Gasteiger partial charge in [-0.25, -0.2) is 0 Å². The number of hydrogen-bond donors (Lipinski definition) is 1. The lowest BCUT2D eigenvalue weighted by Crippen LogP contribution is -2.49. The van der Waals surface area contributed by atoms with E-state index in [1.54, 1.807) is 0 Å². The minimum absolute atomic E-state index is 0. The summed E-state index contributed by atoms with van der Waals surface area (Å²) in [4.78, 5) is 14.4. The highest BCUT2D eigenvalue weighted by molar-refractivity contribution is 9.10. The molecule has 112 valence electrons. The van der Waals surface area contributed by atoms with Crippen molar-refractivity contribution in [2.45, 2.75) is 32.2 Å². The van der Waals surface area contributed by atoms with Crippen molar-refractivity contribution < 1.29 is 4.79 Å². The largest absolute Gasteiger partial charge is 0.338 e. The Hall–Kier alpha value is -0.580. The van der Waals surface area contributed by atoms with E-state index in [1.807, 2.05) is 29.2 Å². The minimum Gasteiger partial charge on any atom is -0.338 e. The Labute approximate surface area is 135 Å². The van der Waals surface area contributed by atoms with Crippen LogP contribution in [0.15, 0.2) is 28.7 Å². The van der Waals surface area contributed by atoms with Crippen LogP contribution in [0.4, 0.5) is 0 Å². The summed E-state index contributed by atoms with van der Waals surface area (Å²) in [5.41, 5.74) is 6.86. The first kappa shape index (κ1) is 17.5. The SMILES string of the molecule is CC1CCN(C(=O)Cc2cccc(Br)c2)C(CN)C1.Cl. The number of rotatable bonds is 3. The molecule has 2 rings (SSSR count). The minimum atomic E-state index is 0. The van der Waals surface area contributed by atoms with Crippen LogP contribution in [0.3, 0.4) is 0 Å². The number of likely N-dealkylation sites (tertiary alicyclic amines) is 1. The van der Waals surface area contributed by atoms with E-state index >= 15 is 0 Å². The molecule has 1 saturated heterocycles. The molecule has 1 aromatic carbocycles. The van der Waals surface area contributed by atoms with Crippen molar-refractivity contribution in [3.8, 4) is 0 Å². The number of benzene rings is 1. The molecule has 1 aliphatic heterocycles. The zero-order valence-corrected chi connectivity index (χ0v) is 14.1. The van der Waals surface area contributed by atoms with Crippen LogP contribution in [0.5, 0.6) is 0 Å². The number of amides is 1. The van der Waals surface area contributed by atoms with E-state index in [1.165, 1.54) is 0 Å². The fourth-order valence-electron chi connectivity index (χ4n) is 2.73. The van der Waals surface area contributed by atoms with Crippen molar-refractivity contribution in [1.82, 2.24) is 4.90 Å². The van der Waals surface area contributed by atoms with E-state index in [4.69, 9.17) is 5.73 Å². The standard InChI is InChI=1S/C15H21BrN2O.ClH/c1-11-5-6-18(14(7-11)10-17)15(19)9-12-3-2-4-13(16)8-12;/h2-4,8,11,14H,5-7,9-10,17H2,1H3;1H. The lowest BCUT2D eigenvalue weighted by atomic mass is 9.92. The molecule has 1 aromatic rings. The Balaban J connectivity index is 0.00000200. The molecule has 2 unspecified atom stereocenters. The summed E-state index contributed by atoms with van der Waals surface area (Å²) < 4.78 is 1.01. The Bertz CT molecular complexity index is 455. The summed E-state index contributed by atoms with van der Waals surface area (Å²) in [7, 11) is 0. The molecule has 1 fully saturated rings. The number of carbonyl (C=O) groups excluding carboxylic acids is 1. The van der Waals surface area contributed by atoms with Gasteiger partial charge in [0.25, 0.3) is 0 Å². The van der Waals surface area contributed by atoms with Crippen molar-refractivity contribution in [1.29, 1.82) is 0 Å². The number of hydrogen-bond acceptors (Lipinski definition) is 2. The van der Waals surface area contributed by atoms with Gasteiger partial charge in [0.15, 0.2) is 0 Å². The summed E-state index contributed by atoms with van der Waals surface area (Å²) in [6, 6.07) is 8.14. The summed E-state index contributed by atoms with van der Waals surface area (Å²) in [6.07, 6.45) is 2.58. The monoisotopic (exact) mass is 360 g/mol. The maximum atomic E-state index is 12.4. The van der Waals surface area contributed by atoms with Gasteiger partial charge in [-0.2, -0.15) is 0 Å². The zero-order chi connectivity index (χ0) is 13.8. The van der Waals surface area contributed by atoms with Crippen LogP contribution < -0.4 is 5.73 Å². The average molecular weight is 362 g/mol. The maximum Gasteiger partial charge on any atom is 0.227 e. The fourth-order valence-corrected chi connectivity index (χ4v) is 3.17. The van der Waals surface area contributed by atoms with Crippen LogP contribution >= 0.6 is 28.3 Å². The van der Waals surface area contributed by atoms with Crippen LogP contribution in [0.25, 0.3) is 0 Å². The van der Waals surface area contributed by atoms with Gasteiger partial charge in [-0.1, -0.05) is 35.0 Å². The highest BCUT2D eigenvalue weighted by atomic mass is 79.9. The van der Waals surface area contributed by atoms with E-state index < -0.39 is 0 Å². The molecule has 2 atom stereocenters. The number of piperidine rings is 1. The molecule has 0 radical (unpaired) electrons. The molecular formula is C15H22BrClN2O. The maximum absolute atomic E-state index is 12.4. The second-order valence-corrected chi connectivity index (χ2v) is 6.33. The summed E-state index contributed by atoms with van der Waals surface area (Å²) in [6.45, 7) is 3.64. The third kappa shape index (κ3) is 4.47. The molecule has 3 nitrogen and oxygen atoms in total. The topological polar surface area (TPSA) is 46.3 Å². The Kier molecular flexibility index (Phi) is 7.00. The van der Waals surface area contributed by atoms with Gasteiger partial charge in [-0.15, -0.1) is 12.4 Å². The lowest BCUT2D eigenvalue weighted by molar-refractivity contribution is -0.134. The average Bonchev–Trinajstić information content (AvgIpc) is 2.38. The van der Waals surface area contributed by atoms with Gasteiger partial charge in [0.05, 0.1) is 6.42 Å². The number of halogens is 2. The number of nitrogens with two attached hydrogens (primary N) is 1. The highest BCUT2D eigenvalue weighted by Crippen LogP contribution is 2.23. The Morgan fingerprint density at radius 3 is 2.90 bits per heavy atom. The highest BCUT2D eigenvalue weighted by Gasteiger charge is 2.28. The number of nitrogens with zero attached hydrogens (tertiary/aromatic N) is 1. The van der Waals surface area contributed by atoms with E-state index in [9.17, 15) is 4.79 Å². The number of carbonyl (C=O) groups is 1. The summed E-state index contributed by atoms with van der Waals surface area (Å²) in [5, 5.41) is 0. The normalized spacial score (nSPS) is 22.2. The van der Waals surface area contributed by atoms with E-state index in [0.717, 1.165) is 29.4 Å². The molecule has 1 aliphatic rings. The third-order valence-corrected chi connectivity index (χ3v) is 4.31. The van der Waals surface area contributed by atoms with Crippen molar-refractivity contribution in [3.05, 3.63) is 34.3 Å². The van der Waals surface area contributed by atoms with Gasteiger partial charge in [0.1, 0.15) is 0 Å². The molecular weight excluding hydrogens is 340 g/mol. The first-order chi connectivity index (χ1) is 9.10. The molecule has 5 heteroatoms. The van der Waals surface area contributed by atoms with Gasteiger partial charge < -0.3 is 10.6 Å². The predicted molar refractivity (Wildman–Crippen MR) is 88.0 cm³/mol. The Morgan fingerprint density at radius 2 is 2.25 bits per heavy atom. The van der Waals surface area contributed by atoms with Crippen LogP contribution in [-0.2, 0) is 11.2 Å². The second-order valence-electron chi connectivity index (χ2n) is 5.41. The molecule has 20 heavy (non-hydrogen) atoms. The van der Waals surface area contributed by atoms with Crippen molar-refractivity contribution in [3.63, 3.8) is 0 Å². The summed E-state index contributed by atoms with van der Waals surface area (Å²) >= 11 is 3.44. The molecule has 1 amide bonds. The molecule has 0 saturated carbocycles. The first-order valence-corrected chi connectivity index (χ1v) is 7.63. The van der Waals surface area contributed by atoms with E-state index in [2.05, 4.69) is 22.9 Å². The molecule has 0 spiro atoms. The first-order valence-electron chi connectivity index (χ1n) is 6.84. The molecule has 0 aliphatic carbocycles. The fraction of sp³-hybridized carbons (Fsp3) is 0.533. The van der Waals surface area contributed by atoms with Crippen molar-refractivity contribution in [2.75, 3.05) is 13.1 Å². The predicted octanol–water partition coefficient (Wildman–Crippen LogP) is 3.00. The zero-order valence-electron chi connectivity index (χ0n) is 11.7. The van der Waals surface area contributed by atoms with Gasteiger partial charge in [0, 0.05) is 23.6 Å². The van der Waals surface area contributed by atoms with Crippen LogP contribution in [0.1, 0.15) is 25.3 Å². The van der Waals surface area contributed by atoms with Crippen molar-refractivity contribution in [2.24, 2.45) is 11.7 Å². The quantitative estimate of drug-likeness (QED) is 0.899. The lowest BCUT2D eigenvalue weighted by Gasteiger charge is -2.38. The van der Waals surface area contributed by atoms with Gasteiger partial charge in [-0.05, 0) is 36.5 Å². The van der Waals surface area contributed by atoms with E-state index in [0.29, 0.717) is 18.9 Å². The molecule has 2 N–H and O–H groups in total. The van der Waals surface area contributed by atoms with Crippen LogP contribution in [0.2, 0.25) is 0 Å². The van der Waals surface area contributed by atoms with Gasteiger partial charge >= 0.3 is 0 Å². The van der Waals surface area contributed by atoms with Crippen molar-refractivity contribution >= 4 is 34.2 Å². The third-order valence-electron chi connectivity index (χ3n) is 3.81. The van der Waals surface area contributed by atoms with E-state index in [-0.39, 0.29) is 24.4 Å². The molecule has 1 heterocycles.